The molecule has 1 spiro atoms. The third kappa shape index (κ3) is 10.2. The lowest BCUT2D eigenvalue weighted by Crippen LogP contribution is -2.57. The Labute approximate surface area is 448 Å². The van der Waals surface area contributed by atoms with Crippen molar-refractivity contribution < 1.29 is 53.1 Å². The zero-order valence-corrected chi connectivity index (χ0v) is 43.6. The number of ether oxygens (including phenoxy) is 4. The average Bonchev–Trinajstić information content (AvgIpc) is 3.61. The van der Waals surface area contributed by atoms with E-state index >= 15 is 19.2 Å². The summed E-state index contributed by atoms with van der Waals surface area (Å²) >= 11 is 0. The molecule has 400 valence electrons. The maximum atomic E-state index is 16.9. The Morgan fingerprint density at radius 2 is 1.47 bits per heavy atom. The number of imide groups is 1. The van der Waals surface area contributed by atoms with E-state index in [0.717, 1.165) is 41.8 Å². The number of rotatable bonds is 12. The number of carbonyl (C=O) groups excluding carboxylic acids is 5. The quantitative estimate of drug-likeness (QED) is 0.0544. The predicted octanol–water partition coefficient (Wildman–Crippen LogP) is 7.54. The number of hydrogen-bond donors (Lipinski definition) is 4. The van der Waals surface area contributed by atoms with Crippen molar-refractivity contribution >= 4 is 46.8 Å². The molecule has 4 fully saturated rings. The van der Waals surface area contributed by atoms with Crippen molar-refractivity contribution in [1.29, 1.82) is 0 Å². The van der Waals surface area contributed by atoms with Crippen LogP contribution in [0.1, 0.15) is 98.4 Å². The number of nitrogens with zero attached hydrogens (tertiary/aromatic N) is 3. The Morgan fingerprint density at radius 3 is 2.10 bits per heavy atom. The van der Waals surface area contributed by atoms with E-state index in [-0.39, 0.29) is 24.5 Å². The smallest absolute Gasteiger partial charge is 0.329 e. The van der Waals surface area contributed by atoms with Gasteiger partial charge in [0, 0.05) is 30.0 Å². The maximum Gasteiger partial charge on any atom is 0.329 e. The minimum atomic E-state index is -2.16. The number of hydrogen-bond acceptors (Lipinski definition) is 13. The van der Waals surface area contributed by atoms with Gasteiger partial charge in [0.25, 0.3) is 0 Å². The van der Waals surface area contributed by atoms with E-state index in [1.54, 1.807) is 68.4 Å². The molecular formula is C61H65N5O11. The van der Waals surface area contributed by atoms with Crippen molar-refractivity contribution in [2.75, 3.05) is 61.7 Å². The van der Waals surface area contributed by atoms with Crippen LogP contribution in [0.4, 0.5) is 21.9 Å². The third-order valence-electron chi connectivity index (χ3n) is 15.8. The number of morpholine rings is 2. The summed E-state index contributed by atoms with van der Waals surface area (Å²) in [7, 11) is 1.22. The second-order valence-corrected chi connectivity index (χ2v) is 20.8. The Morgan fingerprint density at radius 1 is 0.805 bits per heavy atom. The number of carbonyl (C=O) groups is 5. The van der Waals surface area contributed by atoms with Crippen LogP contribution >= 0.6 is 0 Å². The molecule has 16 nitrogen and oxygen atoms in total. The zero-order valence-electron chi connectivity index (χ0n) is 43.6. The van der Waals surface area contributed by atoms with Gasteiger partial charge in [-0.1, -0.05) is 111 Å². The topological polar surface area (TPSA) is 197 Å². The second-order valence-electron chi connectivity index (χ2n) is 20.8. The van der Waals surface area contributed by atoms with Crippen molar-refractivity contribution in [2.45, 2.75) is 93.7 Å². The van der Waals surface area contributed by atoms with Crippen LogP contribution < -0.4 is 25.2 Å². The number of urea groups is 1. The van der Waals surface area contributed by atoms with E-state index < -0.39 is 82.9 Å². The van der Waals surface area contributed by atoms with E-state index in [4.69, 9.17) is 18.9 Å². The van der Waals surface area contributed by atoms with Gasteiger partial charge in [-0.2, -0.15) is 0 Å². The highest BCUT2D eigenvalue weighted by molar-refractivity contribution is 6.25. The van der Waals surface area contributed by atoms with Crippen LogP contribution in [0.15, 0.2) is 127 Å². The SMILES string of the molecule is COC(=O)C(NC(=O)N1C(=O)C2(c3cc(C#CC4(O)CCCCCC4)ccc31)C(C(=O)Nc1ccc(N3CCOCC3)cc1)C1C(=O)OC(c3ccccc3)C(c3ccccc3)N1C2c1ccc(OCCO)cc1)C(C)C. The molecule has 4 heterocycles. The second kappa shape index (κ2) is 22.6. The normalized spacial score (nSPS) is 24.2. The number of anilines is 3. The summed E-state index contributed by atoms with van der Waals surface area (Å²) in [6.07, 6.45) is 3.56. The van der Waals surface area contributed by atoms with E-state index in [9.17, 15) is 15.0 Å². The highest BCUT2D eigenvalue weighted by Crippen LogP contribution is 2.66. The Kier molecular flexibility index (Phi) is 15.5. The van der Waals surface area contributed by atoms with Gasteiger partial charge in [0.1, 0.15) is 41.6 Å². The predicted molar refractivity (Wildman–Crippen MR) is 288 cm³/mol. The van der Waals surface area contributed by atoms with Crippen LogP contribution in [0.2, 0.25) is 0 Å². The lowest BCUT2D eigenvalue weighted by atomic mass is 9.65. The molecule has 16 heteroatoms. The molecule has 1 aliphatic carbocycles. The summed E-state index contributed by atoms with van der Waals surface area (Å²) in [5, 5.41) is 27.4. The van der Waals surface area contributed by atoms with Gasteiger partial charge >= 0.3 is 18.0 Å². The number of cyclic esters (lactones) is 1. The van der Waals surface area contributed by atoms with E-state index in [2.05, 4.69) is 27.4 Å². The van der Waals surface area contributed by atoms with E-state index in [1.165, 1.54) is 7.11 Å². The average molecular weight is 1040 g/mol. The molecule has 7 atom stereocenters. The first-order valence-electron chi connectivity index (χ1n) is 26.6. The molecule has 5 aromatic carbocycles. The van der Waals surface area contributed by atoms with Gasteiger partial charge in [-0.25, -0.2) is 14.5 Å². The van der Waals surface area contributed by atoms with Crippen LogP contribution in [-0.2, 0) is 38.8 Å². The summed E-state index contributed by atoms with van der Waals surface area (Å²) in [6, 6.07) is 32.3. The van der Waals surface area contributed by atoms with Crippen LogP contribution in [-0.4, -0.2) is 109 Å². The standard InChI is InChI=1S/C61H65N5O11/c1-39(2)50(56(69)74-3)63-59(72)65-48-27-18-40(28-31-60(73)29-12-4-5-13-30-60)38-47(48)61(58(65)71)49(55(68)62-44-21-23-45(24-22-44)64-32-35-75-36-33-64)52-57(70)77-53(42-16-10-7-11-17-42)51(41-14-8-6-9-15-41)66(52)54(61)43-19-25-46(26-20-43)76-37-34-67/h6-11,14-27,38-39,49-54,67,73H,4-5,12-13,29-30,32-37H2,1-3H3,(H,62,68)(H,63,72). The molecule has 5 aromatic rings. The fourth-order valence-electron chi connectivity index (χ4n) is 12.1. The first-order chi connectivity index (χ1) is 37.4. The molecule has 3 saturated heterocycles. The van der Waals surface area contributed by atoms with Crippen molar-refractivity contribution in [2.24, 2.45) is 11.8 Å². The molecule has 1 saturated carbocycles. The van der Waals surface area contributed by atoms with E-state index in [0.29, 0.717) is 67.3 Å². The molecule has 0 aromatic heterocycles. The molecule has 77 heavy (non-hydrogen) atoms. The van der Waals surface area contributed by atoms with Crippen molar-refractivity contribution in [3.63, 3.8) is 0 Å². The number of aliphatic hydroxyl groups is 2. The molecule has 7 unspecified atom stereocenters. The van der Waals surface area contributed by atoms with Crippen molar-refractivity contribution in [1.82, 2.24) is 10.2 Å². The summed E-state index contributed by atoms with van der Waals surface area (Å²) in [5.41, 5.74) is 0.461. The van der Waals surface area contributed by atoms with Gasteiger partial charge in [-0.15, -0.1) is 0 Å². The fourth-order valence-corrected chi connectivity index (χ4v) is 12.1. The molecule has 0 radical (unpaired) electrons. The van der Waals surface area contributed by atoms with Gasteiger partial charge in [0.15, 0.2) is 0 Å². The number of benzene rings is 5. The summed E-state index contributed by atoms with van der Waals surface area (Å²) in [4.78, 5) is 82.5. The van der Waals surface area contributed by atoms with Gasteiger partial charge in [-0.3, -0.25) is 19.3 Å². The maximum absolute atomic E-state index is 16.9. The van der Waals surface area contributed by atoms with Gasteiger partial charge in [0.2, 0.25) is 11.8 Å². The summed E-state index contributed by atoms with van der Waals surface area (Å²) in [5.74, 6) is 1.66. The van der Waals surface area contributed by atoms with Gasteiger partial charge in [0.05, 0.1) is 50.6 Å². The minimum Gasteiger partial charge on any atom is -0.491 e. The first-order valence-corrected chi connectivity index (χ1v) is 26.6. The highest BCUT2D eigenvalue weighted by Gasteiger charge is 2.75. The van der Waals surface area contributed by atoms with Crippen molar-refractivity contribution in [3.8, 4) is 17.6 Å². The Hall–Kier alpha value is -7.55. The number of aliphatic hydroxyl groups excluding tert-OH is 1. The fraction of sp³-hybridized carbons (Fsp3) is 0.393. The largest absolute Gasteiger partial charge is 0.491 e. The monoisotopic (exact) mass is 1040 g/mol. The first kappa shape index (κ1) is 52.9. The lowest BCUT2D eigenvalue weighted by molar-refractivity contribution is -0.177. The number of nitrogens with one attached hydrogen (secondary N) is 2. The molecule has 5 aliphatic rings. The molecule has 10 rings (SSSR count). The van der Waals surface area contributed by atoms with Gasteiger partial charge in [-0.05, 0) is 108 Å². The molecule has 4 N–H and O–H groups in total. The van der Waals surface area contributed by atoms with Crippen LogP contribution in [0.3, 0.4) is 0 Å². The Balaban J connectivity index is 1.24. The van der Waals surface area contributed by atoms with E-state index in [1.807, 2.05) is 77.7 Å². The van der Waals surface area contributed by atoms with Gasteiger partial charge < -0.3 is 44.7 Å². The number of amides is 4. The molecule has 0 bridgehead atoms. The third-order valence-corrected chi connectivity index (χ3v) is 15.8. The van der Waals surface area contributed by atoms with Crippen LogP contribution in [0, 0.1) is 23.7 Å². The van der Waals surface area contributed by atoms with Crippen LogP contribution in [0.25, 0.3) is 0 Å². The van der Waals surface area contributed by atoms with Crippen molar-refractivity contribution in [3.05, 3.63) is 155 Å². The molecular weight excluding hydrogens is 979 g/mol. The summed E-state index contributed by atoms with van der Waals surface area (Å²) < 4.78 is 23.2. The lowest BCUT2D eigenvalue weighted by Gasteiger charge is -2.46. The number of esters is 2. The molecule has 4 amide bonds. The number of methoxy groups -OCH3 is 1. The Bertz CT molecular complexity index is 3020. The zero-order chi connectivity index (χ0) is 53.8. The summed E-state index contributed by atoms with van der Waals surface area (Å²) in [6.45, 7) is 5.77. The number of fused-ring (bicyclic) bond motifs is 3. The minimum absolute atomic E-state index is 0.00900. The highest BCUT2D eigenvalue weighted by atomic mass is 16.6. The molecule has 4 aliphatic heterocycles. The van der Waals surface area contributed by atoms with Crippen LogP contribution in [0.5, 0.6) is 5.75 Å².